The van der Waals surface area contributed by atoms with Crippen LogP contribution in [0.3, 0.4) is 0 Å². The molecular weight excluding hydrogens is 821 g/mol. The lowest BCUT2D eigenvalue weighted by molar-refractivity contribution is 1.19. The Kier molecular flexibility index (Phi) is 7.81. The number of nitrogens with zero attached hydrogens (tertiary/aromatic N) is 2. The van der Waals surface area contributed by atoms with Crippen molar-refractivity contribution in [1.29, 1.82) is 0 Å². The van der Waals surface area contributed by atoms with Crippen molar-refractivity contribution in [2.45, 2.75) is 0 Å². The van der Waals surface area contributed by atoms with E-state index < -0.39 is 0 Å². The van der Waals surface area contributed by atoms with E-state index in [-0.39, 0.29) is 0 Å². The molecule has 2 aromatic heterocycles. The second-order valence-electron chi connectivity index (χ2n) is 18.4. The van der Waals surface area contributed by atoms with Crippen LogP contribution < -0.4 is 0 Å². The molecule has 68 heavy (non-hydrogen) atoms. The highest BCUT2D eigenvalue weighted by Gasteiger charge is 2.18. The van der Waals surface area contributed by atoms with Gasteiger partial charge in [0, 0.05) is 32.9 Å². The number of benzene rings is 13. The molecule has 15 aromatic rings. The molecule has 2 heteroatoms. The lowest BCUT2D eigenvalue weighted by Crippen LogP contribution is -1.94. The minimum atomic E-state index is 1.17. The van der Waals surface area contributed by atoms with Crippen LogP contribution in [0.2, 0.25) is 0 Å². The first-order valence-corrected chi connectivity index (χ1v) is 23.6. The fraction of sp³-hybridized carbons (Fsp3) is 0. The molecule has 15 rings (SSSR count). The van der Waals surface area contributed by atoms with Crippen LogP contribution >= 0.6 is 0 Å². The molecule has 0 amide bonds. The minimum Gasteiger partial charge on any atom is -0.309 e. The molecule has 0 fully saturated rings. The van der Waals surface area contributed by atoms with Gasteiger partial charge in [-0.15, -0.1) is 0 Å². The molecule has 2 nitrogen and oxygen atoms in total. The van der Waals surface area contributed by atoms with Crippen molar-refractivity contribution in [2.75, 3.05) is 0 Å². The molecule has 13 aromatic carbocycles. The van der Waals surface area contributed by atoms with Crippen molar-refractivity contribution in [1.82, 2.24) is 9.13 Å². The van der Waals surface area contributed by atoms with Crippen LogP contribution in [0.5, 0.6) is 0 Å². The standard InChI is InChI=1S/C66H40N2/c1-3-17-51-47(13-1)49-15-5-7-19-53(49)59-39-45(31-33-55(51)59)67-63-23-11-9-21-57(63)61-37-43(29-35-65(61)67)41-25-27-42(28-26-41)44-30-36-66-62(38-44)58-22-10-12-24-64(58)68(66)46-32-34-56-52-18-4-2-14-48(52)50-16-6-8-20-54(50)60(56)40-46/h1-40H. The lowest BCUT2D eigenvalue weighted by atomic mass is 9.94. The van der Waals surface area contributed by atoms with Crippen LogP contribution in [0.1, 0.15) is 0 Å². The van der Waals surface area contributed by atoms with Gasteiger partial charge in [-0.05, 0) is 148 Å². The Morgan fingerprint density at radius 1 is 0.162 bits per heavy atom. The number of aromatic nitrogens is 2. The lowest BCUT2D eigenvalue weighted by Gasteiger charge is -2.14. The van der Waals surface area contributed by atoms with Crippen LogP contribution in [-0.2, 0) is 0 Å². The van der Waals surface area contributed by atoms with Crippen molar-refractivity contribution < 1.29 is 0 Å². The number of para-hydroxylation sites is 2. The summed E-state index contributed by atoms with van der Waals surface area (Å²) in [6.07, 6.45) is 0. The zero-order valence-corrected chi connectivity index (χ0v) is 37.0. The summed E-state index contributed by atoms with van der Waals surface area (Å²) in [5.74, 6) is 0. The third-order valence-electron chi connectivity index (χ3n) is 14.9. The highest BCUT2D eigenvalue weighted by atomic mass is 15.0. The Morgan fingerprint density at radius 3 is 0.779 bits per heavy atom. The molecule has 0 saturated heterocycles. The maximum atomic E-state index is 2.44. The maximum absolute atomic E-state index is 2.44. The van der Waals surface area contributed by atoms with E-state index in [1.807, 2.05) is 0 Å². The summed E-state index contributed by atoms with van der Waals surface area (Å²) < 4.78 is 4.88. The van der Waals surface area contributed by atoms with E-state index in [0.717, 1.165) is 0 Å². The van der Waals surface area contributed by atoms with E-state index in [2.05, 4.69) is 252 Å². The Morgan fingerprint density at radius 2 is 0.426 bits per heavy atom. The van der Waals surface area contributed by atoms with Crippen LogP contribution in [-0.4, -0.2) is 9.13 Å². The van der Waals surface area contributed by atoms with Crippen molar-refractivity contribution in [2.24, 2.45) is 0 Å². The van der Waals surface area contributed by atoms with Gasteiger partial charge in [0.05, 0.1) is 22.1 Å². The third kappa shape index (κ3) is 5.34. The van der Waals surface area contributed by atoms with E-state index in [9.17, 15) is 0 Å². The Bertz CT molecular complexity index is 4240. The van der Waals surface area contributed by atoms with Gasteiger partial charge in [0.1, 0.15) is 0 Å². The van der Waals surface area contributed by atoms with Crippen LogP contribution in [0.25, 0.3) is 142 Å². The number of hydrogen-bond acceptors (Lipinski definition) is 0. The van der Waals surface area contributed by atoms with Gasteiger partial charge in [-0.3, -0.25) is 0 Å². The largest absolute Gasteiger partial charge is 0.309 e. The van der Waals surface area contributed by atoms with Gasteiger partial charge in [0.15, 0.2) is 0 Å². The molecular formula is C66H40N2. The highest BCUT2D eigenvalue weighted by Crippen LogP contribution is 2.42. The molecule has 0 aliphatic heterocycles. The molecule has 0 saturated carbocycles. The molecule has 0 unspecified atom stereocenters. The van der Waals surface area contributed by atoms with E-state index in [0.29, 0.717) is 0 Å². The average molecular weight is 861 g/mol. The molecule has 0 spiro atoms. The summed E-state index contributed by atoms with van der Waals surface area (Å²) in [4.78, 5) is 0. The molecule has 0 aliphatic carbocycles. The topological polar surface area (TPSA) is 9.86 Å². The summed E-state index contributed by atoms with van der Waals surface area (Å²) in [6, 6.07) is 90.0. The van der Waals surface area contributed by atoms with E-state index in [4.69, 9.17) is 0 Å². The van der Waals surface area contributed by atoms with Gasteiger partial charge in [-0.1, -0.05) is 182 Å². The predicted molar refractivity (Wildman–Crippen MR) is 291 cm³/mol. The number of fused-ring (bicyclic) bond motifs is 18. The first kappa shape index (κ1) is 37.3. The fourth-order valence-electron chi connectivity index (χ4n) is 11.8. The summed E-state index contributed by atoms with van der Waals surface area (Å²) >= 11 is 0. The second-order valence-corrected chi connectivity index (χ2v) is 18.4. The Balaban J connectivity index is 0.816. The maximum Gasteiger partial charge on any atom is 0.0541 e. The highest BCUT2D eigenvalue weighted by molar-refractivity contribution is 6.27. The van der Waals surface area contributed by atoms with Gasteiger partial charge >= 0.3 is 0 Å². The van der Waals surface area contributed by atoms with E-state index >= 15 is 0 Å². The second kappa shape index (κ2) is 14.3. The van der Waals surface area contributed by atoms with Gasteiger partial charge in [-0.2, -0.15) is 0 Å². The predicted octanol–water partition coefficient (Wildman–Crippen LogP) is 18.1. The van der Waals surface area contributed by atoms with Crippen molar-refractivity contribution >= 4 is 108 Å². The molecule has 0 atom stereocenters. The van der Waals surface area contributed by atoms with Gasteiger partial charge in [0.2, 0.25) is 0 Å². The number of rotatable bonds is 4. The first-order chi connectivity index (χ1) is 33.7. The summed E-state index contributed by atoms with van der Waals surface area (Å²) in [7, 11) is 0. The zero-order valence-electron chi connectivity index (χ0n) is 37.0. The monoisotopic (exact) mass is 860 g/mol. The Hall–Kier alpha value is -8.98. The molecule has 0 bridgehead atoms. The molecule has 2 heterocycles. The molecule has 314 valence electrons. The fourth-order valence-corrected chi connectivity index (χ4v) is 11.8. The van der Waals surface area contributed by atoms with Gasteiger partial charge in [0.25, 0.3) is 0 Å². The summed E-state index contributed by atoms with van der Waals surface area (Å²) in [5, 5.41) is 20.4. The van der Waals surface area contributed by atoms with Crippen LogP contribution in [0, 0.1) is 0 Å². The average Bonchev–Trinajstić information content (AvgIpc) is 3.93. The van der Waals surface area contributed by atoms with Crippen molar-refractivity contribution in [3.05, 3.63) is 243 Å². The molecule has 0 N–H and O–H groups in total. The Labute approximate surface area is 391 Å². The normalized spacial score (nSPS) is 12.1. The minimum absolute atomic E-state index is 1.17. The smallest absolute Gasteiger partial charge is 0.0541 e. The van der Waals surface area contributed by atoms with Crippen LogP contribution in [0.15, 0.2) is 243 Å². The van der Waals surface area contributed by atoms with Crippen molar-refractivity contribution in [3.63, 3.8) is 0 Å². The van der Waals surface area contributed by atoms with E-state index in [1.54, 1.807) is 0 Å². The van der Waals surface area contributed by atoms with E-state index in [1.165, 1.54) is 142 Å². The zero-order chi connectivity index (χ0) is 44.5. The summed E-state index contributed by atoms with van der Waals surface area (Å²) in [5.41, 5.74) is 12.0. The summed E-state index contributed by atoms with van der Waals surface area (Å²) in [6.45, 7) is 0. The van der Waals surface area contributed by atoms with Crippen molar-refractivity contribution in [3.8, 4) is 33.6 Å². The SMILES string of the molecule is c1ccc2c(c1)c1ccccc1c1cc(-n3c4ccccc4c4cc(-c5ccc(-c6ccc7c(c6)c6ccccc6n7-c6ccc7c8ccccc8c8ccccc8c7c6)cc5)ccc43)ccc21. The van der Waals surface area contributed by atoms with Gasteiger partial charge < -0.3 is 9.13 Å². The quantitative estimate of drug-likeness (QED) is 0.156. The number of hydrogen-bond donors (Lipinski definition) is 0. The first-order valence-electron chi connectivity index (χ1n) is 23.6. The molecule has 0 aliphatic rings. The van der Waals surface area contributed by atoms with Gasteiger partial charge in [-0.25, -0.2) is 0 Å². The molecule has 0 radical (unpaired) electrons. The van der Waals surface area contributed by atoms with Crippen LogP contribution in [0.4, 0.5) is 0 Å². The third-order valence-corrected chi connectivity index (χ3v) is 14.9.